The lowest BCUT2D eigenvalue weighted by Gasteiger charge is -2.33. The molecule has 0 unspecified atom stereocenters. The molecule has 1 amide bonds. The molecule has 0 radical (unpaired) electrons. The molecular formula is C13H19N3O. The maximum atomic E-state index is 11.6. The third-order valence-electron chi connectivity index (χ3n) is 3.27. The summed E-state index contributed by atoms with van der Waals surface area (Å²) in [7, 11) is 3.78. The van der Waals surface area contributed by atoms with Gasteiger partial charge in [-0.05, 0) is 24.7 Å². The van der Waals surface area contributed by atoms with E-state index in [1.807, 2.05) is 18.2 Å². The van der Waals surface area contributed by atoms with Gasteiger partial charge in [0, 0.05) is 38.3 Å². The smallest absolute Gasteiger partial charge is 0.251 e. The van der Waals surface area contributed by atoms with Crippen LogP contribution >= 0.6 is 0 Å². The number of nitrogens with one attached hydrogen (secondary N) is 2. The van der Waals surface area contributed by atoms with E-state index in [9.17, 15) is 4.79 Å². The van der Waals surface area contributed by atoms with Gasteiger partial charge in [0.05, 0.1) is 0 Å². The van der Waals surface area contributed by atoms with Crippen molar-refractivity contribution in [3.8, 4) is 0 Å². The topological polar surface area (TPSA) is 44.4 Å². The van der Waals surface area contributed by atoms with Crippen LogP contribution in [0.3, 0.4) is 0 Å². The van der Waals surface area contributed by atoms with E-state index < -0.39 is 0 Å². The van der Waals surface area contributed by atoms with Crippen LogP contribution in [0, 0.1) is 0 Å². The van der Waals surface area contributed by atoms with Crippen molar-refractivity contribution in [1.82, 2.24) is 15.5 Å². The molecule has 1 aromatic carbocycles. The number of nitrogens with zero attached hydrogens (tertiary/aromatic N) is 1. The molecule has 0 spiro atoms. The van der Waals surface area contributed by atoms with Crippen LogP contribution in [-0.2, 0) is 0 Å². The Balaban J connectivity index is 2.23. The molecule has 1 atom stereocenters. The fraction of sp³-hybridized carbons (Fsp3) is 0.462. The minimum Gasteiger partial charge on any atom is -0.355 e. The molecule has 0 aliphatic carbocycles. The standard InChI is InChI=1S/C13H19N3O/c1-14-13(17)11-5-3-4-10(8-11)12-9-15-6-7-16(12)2/h3-5,8,12,15H,6-7,9H2,1-2H3,(H,14,17)/t12-/m1/s1. The summed E-state index contributed by atoms with van der Waals surface area (Å²) >= 11 is 0. The molecule has 17 heavy (non-hydrogen) atoms. The first-order valence-corrected chi connectivity index (χ1v) is 5.95. The van der Waals surface area contributed by atoms with Crippen LogP contribution in [0.1, 0.15) is 22.0 Å². The maximum Gasteiger partial charge on any atom is 0.251 e. The van der Waals surface area contributed by atoms with E-state index in [1.165, 1.54) is 5.56 Å². The number of amides is 1. The predicted octanol–water partition coefficient (Wildman–Crippen LogP) is 0.622. The van der Waals surface area contributed by atoms with Gasteiger partial charge in [0.2, 0.25) is 0 Å². The molecule has 1 heterocycles. The van der Waals surface area contributed by atoms with Gasteiger partial charge in [-0.25, -0.2) is 0 Å². The second kappa shape index (κ2) is 5.29. The minimum absolute atomic E-state index is 0.0294. The molecule has 0 aromatic heterocycles. The van der Waals surface area contributed by atoms with Gasteiger partial charge < -0.3 is 10.6 Å². The van der Waals surface area contributed by atoms with Crippen LogP contribution in [0.25, 0.3) is 0 Å². The molecule has 2 rings (SSSR count). The summed E-state index contributed by atoms with van der Waals surface area (Å²) in [6.07, 6.45) is 0. The highest BCUT2D eigenvalue weighted by molar-refractivity contribution is 5.94. The van der Waals surface area contributed by atoms with Gasteiger partial charge in [-0.2, -0.15) is 0 Å². The average Bonchev–Trinajstić information content (AvgIpc) is 2.38. The molecule has 1 saturated heterocycles. The summed E-state index contributed by atoms with van der Waals surface area (Å²) in [4.78, 5) is 13.9. The number of rotatable bonds is 2. The Morgan fingerprint density at radius 1 is 1.53 bits per heavy atom. The summed E-state index contributed by atoms with van der Waals surface area (Å²) in [5.74, 6) is -0.0294. The molecule has 2 N–H and O–H groups in total. The van der Waals surface area contributed by atoms with E-state index in [0.717, 1.165) is 25.2 Å². The SMILES string of the molecule is CNC(=O)c1cccc([C@H]2CNCCN2C)c1. The number of carbonyl (C=O) groups excluding carboxylic acids is 1. The van der Waals surface area contributed by atoms with Gasteiger partial charge in [-0.1, -0.05) is 12.1 Å². The largest absolute Gasteiger partial charge is 0.355 e. The second-order valence-electron chi connectivity index (χ2n) is 4.41. The van der Waals surface area contributed by atoms with Gasteiger partial charge >= 0.3 is 0 Å². The number of benzene rings is 1. The van der Waals surface area contributed by atoms with Crippen molar-refractivity contribution < 1.29 is 4.79 Å². The fourth-order valence-corrected chi connectivity index (χ4v) is 2.21. The van der Waals surface area contributed by atoms with Crippen LogP contribution in [0.2, 0.25) is 0 Å². The number of likely N-dealkylation sites (N-methyl/N-ethyl adjacent to an activating group) is 1. The normalized spacial score (nSPS) is 21.2. The third-order valence-corrected chi connectivity index (χ3v) is 3.27. The highest BCUT2D eigenvalue weighted by atomic mass is 16.1. The molecule has 92 valence electrons. The Kier molecular flexibility index (Phi) is 3.76. The quantitative estimate of drug-likeness (QED) is 0.787. The number of hydrogen-bond acceptors (Lipinski definition) is 3. The lowest BCUT2D eigenvalue weighted by Crippen LogP contribution is -2.43. The first-order chi connectivity index (χ1) is 8.22. The zero-order chi connectivity index (χ0) is 12.3. The first-order valence-electron chi connectivity index (χ1n) is 5.95. The van der Waals surface area contributed by atoms with Gasteiger partial charge in [-0.15, -0.1) is 0 Å². The Hall–Kier alpha value is -1.39. The Morgan fingerprint density at radius 2 is 2.35 bits per heavy atom. The van der Waals surface area contributed by atoms with Crippen LogP contribution in [0.4, 0.5) is 0 Å². The van der Waals surface area contributed by atoms with Crippen molar-refractivity contribution in [2.75, 3.05) is 33.7 Å². The van der Waals surface area contributed by atoms with Crippen LogP contribution in [-0.4, -0.2) is 44.5 Å². The molecular weight excluding hydrogens is 214 g/mol. The highest BCUT2D eigenvalue weighted by Crippen LogP contribution is 2.21. The Bertz CT molecular complexity index is 405. The molecule has 4 nitrogen and oxygen atoms in total. The highest BCUT2D eigenvalue weighted by Gasteiger charge is 2.20. The molecule has 0 bridgehead atoms. The molecule has 0 saturated carbocycles. The zero-order valence-corrected chi connectivity index (χ0v) is 10.4. The average molecular weight is 233 g/mol. The predicted molar refractivity (Wildman–Crippen MR) is 68.1 cm³/mol. The van der Waals surface area contributed by atoms with Crippen LogP contribution < -0.4 is 10.6 Å². The fourth-order valence-electron chi connectivity index (χ4n) is 2.21. The first kappa shape index (κ1) is 12.1. The summed E-state index contributed by atoms with van der Waals surface area (Å²) < 4.78 is 0. The molecule has 1 fully saturated rings. The summed E-state index contributed by atoms with van der Waals surface area (Å²) in [6, 6.07) is 8.21. The maximum absolute atomic E-state index is 11.6. The Labute approximate surface area is 102 Å². The third kappa shape index (κ3) is 2.65. The molecule has 1 aliphatic heterocycles. The van der Waals surface area contributed by atoms with E-state index in [4.69, 9.17) is 0 Å². The van der Waals surface area contributed by atoms with E-state index in [2.05, 4.69) is 28.6 Å². The van der Waals surface area contributed by atoms with Crippen molar-refractivity contribution >= 4 is 5.91 Å². The van der Waals surface area contributed by atoms with Gasteiger partial charge in [0.25, 0.3) is 5.91 Å². The van der Waals surface area contributed by atoms with Gasteiger partial charge in [0.15, 0.2) is 0 Å². The van der Waals surface area contributed by atoms with Crippen molar-refractivity contribution in [3.63, 3.8) is 0 Å². The van der Waals surface area contributed by atoms with Crippen LogP contribution in [0.15, 0.2) is 24.3 Å². The van der Waals surface area contributed by atoms with E-state index in [1.54, 1.807) is 7.05 Å². The summed E-state index contributed by atoms with van der Waals surface area (Å²) in [5.41, 5.74) is 1.92. The molecule has 1 aliphatic rings. The van der Waals surface area contributed by atoms with Gasteiger partial charge in [-0.3, -0.25) is 9.69 Å². The Morgan fingerprint density at radius 3 is 3.06 bits per heavy atom. The van der Waals surface area contributed by atoms with Crippen molar-refractivity contribution in [2.24, 2.45) is 0 Å². The zero-order valence-electron chi connectivity index (χ0n) is 10.4. The minimum atomic E-state index is -0.0294. The number of piperazine rings is 1. The lowest BCUT2D eigenvalue weighted by molar-refractivity contribution is 0.0962. The van der Waals surface area contributed by atoms with E-state index in [-0.39, 0.29) is 5.91 Å². The lowest BCUT2D eigenvalue weighted by atomic mass is 10.0. The number of carbonyl (C=O) groups is 1. The molecule has 1 aromatic rings. The summed E-state index contributed by atoms with van der Waals surface area (Å²) in [5, 5.41) is 6.04. The monoisotopic (exact) mass is 233 g/mol. The van der Waals surface area contributed by atoms with E-state index in [0.29, 0.717) is 6.04 Å². The van der Waals surface area contributed by atoms with Crippen molar-refractivity contribution in [3.05, 3.63) is 35.4 Å². The van der Waals surface area contributed by atoms with Crippen LogP contribution in [0.5, 0.6) is 0 Å². The van der Waals surface area contributed by atoms with Crippen molar-refractivity contribution in [1.29, 1.82) is 0 Å². The molecule has 4 heteroatoms. The number of hydrogen-bond donors (Lipinski definition) is 2. The van der Waals surface area contributed by atoms with E-state index >= 15 is 0 Å². The van der Waals surface area contributed by atoms with Crippen molar-refractivity contribution in [2.45, 2.75) is 6.04 Å². The second-order valence-corrected chi connectivity index (χ2v) is 4.41. The summed E-state index contributed by atoms with van der Waals surface area (Å²) in [6.45, 7) is 3.00. The van der Waals surface area contributed by atoms with Gasteiger partial charge in [0.1, 0.15) is 0 Å².